The number of fused-ring (bicyclic) bond motifs is 1. The van der Waals surface area contributed by atoms with Crippen LogP contribution in [0.2, 0.25) is 0 Å². The van der Waals surface area contributed by atoms with Crippen LogP contribution < -0.4 is 5.56 Å². The normalized spacial score (nSPS) is 17.2. The van der Waals surface area contributed by atoms with Crippen LogP contribution in [0.5, 0.6) is 0 Å². The molecule has 3 rings (SSSR count). The van der Waals surface area contributed by atoms with Gasteiger partial charge in [-0.15, -0.1) is 0 Å². The van der Waals surface area contributed by atoms with Gasteiger partial charge in [0.25, 0.3) is 5.56 Å². The number of aryl methyl sites for hydroxylation is 2. The average molecular weight is 353 g/mol. The molecule has 1 aliphatic heterocycles. The van der Waals surface area contributed by atoms with Gasteiger partial charge in [0.1, 0.15) is 4.83 Å². The molecule has 1 N–H and O–H groups in total. The van der Waals surface area contributed by atoms with E-state index in [9.17, 15) is 9.90 Å². The van der Waals surface area contributed by atoms with Crippen molar-refractivity contribution in [1.29, 1.82) is 0 Å². The topological polar surface area (TPSA) is 76.8 Å². The zero-order chi connectivity index (χ0) is 17.3. The maximum Gasteiger partial charge on any atom is 0.270 e. The van der Waals surface area contributed by atoms with E-state index >= 15 is 0 Å². The number of aliphatic hydroxyl groups excluding tert-OH is 1. The molecule has 0 amide bonds. The van der Waals surface area contributed by atoms with Gasteiger partial charge in [-0.05, 0) is 44.1 Å². The lowest BCUT2D eigenvalue weighted by Crippen LogP contribution is -2.37. The van der Waals surface area contributed by atoms with Crippen LogP contribution in [0.25, 0.3) is 10.2 Å². The first-order valence-corrected chi connectivity index (χ1v) is 8.79. The van der Waals surface area contributed by atoms with Gasteiger partial charge in [-0.25, -0.2) is 4.98 Å². The zero-order valence-corrected chi connectivity index (χ0v) is 15.0. The highest BCUT2D eigenvalue weighted by molar-refractivity contribution is 7.13. The Balaban J connectivity index is 1.66. The summed E-state index contributed by atoms with van der Waals surface area (Å²) in [6, 6.07) is 1.91. The molecule has 0 bridgehead atoms. The third-order valence-electron chi connectivity index (χ3n) is 4.00. The molecule has 0 radical (unpaired) electrons. The highest BCUT2D eigenvalue weighted by atomic mass is 32.1. The summed E-state index contributed by atoms with van der Waals surface area (Å²) < 4.78 is 12.4. The minimum absolute atomic E-state index is 0.0795. The molecule has 2 aromatic heterocycles. The number of aromatic nitrogens is 2. The molecule has 0 spiro atoms. The van der Waals surface area contributed by atoms with E-state index in [1.807, 2.05) is 31.9 Å². The van der Waals surface area contributed by atoms with Crippen LogP contribution in [-0.2, 0) is 16.0 Å². The van der Waals surface area contributed by atoms with Crippen molar-refractivity contribution in [2.75, 3.05) is 33.4 Å². The van der Waals surface area contributed by atoms with Crippen LogP contribution in [0.1, 0.15) is 11.3 Å². The van der Waals surface area contributed by atoms with E-state index in [4.69, 9.17) is 9.47 Å². The van der Waals surface area contributed by atoms with Crippen LogP contribution >= 0.6 is 11.5 Å². The van der Waals surface area contributed by atoms with Crippen molar-refractivity contribution in [1.82, 2.24) is 13.8 Å². The summed E-state index contributed by atoms with van der Waals surface area (Å²) in [5.41, 5.74) is 1.74. The molecule has 1 saturated heterocycles. The van der Waals surface area contributed by atoms with E-state index in [-0.39, 0.29) is 18.4 Å². The molecule has 2 aromatic rings. The summed E-state index contributed by atoms with van der Waals surface area (Å²) in [5, 5.41) is 11.0. The fourth-order valence-corrected chi connectivity index (χ4v) is 4.12. The second-order valence-corrected chi connectivity index (χ2v) is 7.27. The number of aliphatic hydroxyl groups is 1. The van der Waals surface area contributed by atoms with Gasteiger partial charge in [-0.1, -0.05) is 0 Å². The van der Waals surface area contributed by atoms with Gasteiger partial charge in [0.05, 0.1) is 31.2 Å². The fourth-order valence-electron chi connectivity index (χ4n) is 2.97. The second-order valence-electron chi connectivity index (χ2n) is 6.26. The minimum atomic E-state index is -0.649. The van der Waals surface area contributed by atoms with E-state index < -0.39 is 6.10 Å². The van der Waals surface area contributed by atoms with Gasteiger partial charge in [-0.3, -0.25) is 13.7 Å². The first kappa shape index (κ1) is 17.5. The van der Waals surface area contributed by atoms with Crippen LogP contribution in [0, 0.1) is 13.8 Å². The number of pyridine rings is 1. The number of hydrogen-bond acceptors (Lipinski definition) is 7. The molecule has 1 atom stereocenters. The largest absolute Gasteiger partial charge is 0.390 e. The maximum atomic E-state index is 12.5. The van der Waals surface area contributed by atoms with Crippen LogP contribution in [0.3, 0.4) is 0 Å². The lowest BCUT2D eigenvalue weighted by molar-refractivity contribution is -0.0626. The van der Waals surface area contributed by atoms with Gasteiger partial charge >= 0.3 is 0 Å². The number of ether oxygens (including phenoxy) is 2. The Morgan fingerprint density at radius 1 is 1.46 bits per heavy atom. The number of rotatable bonds is 6. The van der Waals surface area contributed by atoms with Crippen molar-refractivity contribution in [2.24, 2.45) is 0 Å². The summed E-state index contributed by atoms with van der Waals surface area (Å²) >= 11 is 1.31. The van der Waals surface area contributed by atoms with Gasteiger partial charge < -0.3 is 14.6 Å². The van der Waals surface area contributed by atoms with Crippen molar-refractivity contribution in [3.63, 3.8) is 0 Å². The first-order valence-electron chi connectivity index (χ1n) is 8.02. The first-order chi connectivity index (χ1) is 11.4. The Morgan fingerprint density at radius 2 is 2.17 bits per heavy atom. The number of nitrogens with zero attached hydrogens (tertiary/aromatic N) is 3. The SMILES string of the molecule is Cc1cc(C)c2c(=O)n(CC(O)CN(C)CC3OCCO3)sc2n1. The summed E-state index contributed by atoms with van der Waals surface area (Å²) in [4.78, 5) is 19.6. The summed E-state index contributed by atoms with van der Waals surface area (Å²) in [7, 11) is 1.90. The molecule has 132 valence electrons. The van der Waals surface area contributed by atoms with Crippen molar-refractivity contribution in [3.8, 4) is 0 Å². The van der Waals surface area contributed by atoms with Gasteiger partial charge in [-0.2, -0.15) is 0 Å². The van der Waals surface area contributed by atoms with Gasteiger partial charge in [0, 0.05) is 18.8 Å². The molecule has 7 nitrogen and oxygen atoms in total. The lowest BCUT2D eigenvalue weighted by atomic mass is 10.2. The lowest BCUT2D eigenvalue weighted by Gasteiger charge is -2.22. The van der Waals surface area contributed by atoms with E-state index in [2.05, 4.69) is 4.98 Å². The highest BCUT2D eigenvalue weighted by Gasteiger charge is 2.20. The highest BCUT2D eigenvalue weighted by Crippen LogP contribution is 2.19. The van der Waals surface area contributed by atoms with Crippen molar-refractivity contribution in [3.05, 3.63) is 27.7 Å². The van der Waals surface area contributed by atoms with Crippen LogP contribution in [0.15, 0.2) is 10.9 Å². The quantitative estimate of drug-likeness (QED) is 0.825. The molecule has 0 aromatic carbocycles. The Kier molecular flexibility index (Phi) is 5.31. The smallest absolute Gasteiger partial charge is 0.270 e. The van der Waals surface area contributed by atoms with E-state index in [1.165, 1.54) is 11.5 Å². The van der Waals surface area contributed by atoms with E-state index in [0.717, 1.165) is 16.1 Å². The van der Waals surface area contributed by atoms with E-state index in [0.29, 0.717) is 31.7 Å². The van der Waals surface area contributed by atoms with E-state index in [1.54, 1.807) is 3.96 Å². The number of likely N-dealkylation sites (N-methyl/N-ethyl adjacent to an activating group) is 1. The Labute approximate surface area is 144 Å². The molecule has 24 heavy (non-hydrogen) atoms. The molecular formula is C16H23N3O4S. The number of hydrogen-bond donors (Lipinski definition) is 1. The van der Waals surface area contributed by atoms with Gasteiger partial charge in [0.15, 0.2) is 6.29 Å². The molecule has 3 heterocycles. The Hall–Kier alpha value is -1.32. The van der Waals surface area contributed by atoms with Crippen LogP contribution in [-0.4, -0.2) is 64.7 Å². The Morgan fingerprint density at radius 3 is 2.88 bits per heavy atom. The van der Waals surface area contributed by atoms with Crippen molar-refractivity contribution in [2.45, 2.75) is 32.8 Å². The summed E-state index contributed by atoms with van der Waals surface area (Å²) in [5.74, 6) is 0. The summed E-state index contributed by atoms with van der Waals surface area (Å²) in [6.45, 7) is 6.36. The molecular weight excluding hydrogens is 330 g/mol. The minimum Gasteiger partial charge on any atom is -0.390 e. The average Bonchev–Trinajstić information content (AvgIpc) is 3.07. The molecule has 1 aliphatic rings. The maximum absolute atomic E-state index is 12.5. The predicted molar refractivity (Wildman–Crippen MR) is 92.5 cm³/mol. The van der Waals surface area contributed by atoms with Crippen LogP contribution in [0.4, 0.5) is 0 Å². The third-order valence-corrected chi connectivity index (χ3v) is 5.00. The molecule has 0 aliphatic carbocycles. The predicted octanol–water partition coefficient (Wildman–Crippen LogP) is 0.740. The standard InChI is InChI=1S/C16H23N3O4S/c1-10-6-11(2)17-15-14(10)16(21)19(24-15)8-12(20)7-18(3)9-13-22-4-5-23-13/h6,12-13,20H,4-5,7-9H2,1-3H3. The van der Waals surface area contributed by atoms with Gasteiger partial charge in [0.2, 0.25) is 0 Å². The molecule has 0 saturated carbocycles. The fraction of sp³-hybridized carbons (Fsp3) is 0.625. The molecule has 1 fully saturated rings. The third kappa shape index (κ3) is 3.84. The second kappa shape index (κ2) is 7.28. The zero-order valence-electron chi connectivity index (χ0n) is 14.2. The summed E-state index contributed by atoms with van der Waals surface area (Å²) in [6.07, 6.45) is -0.882. The Bertz CT molecular complexity index is 767. The molecule has 1 unspecified atom stereocenters. The van der Waals surface area contributed by atoms with Crippen molar-refractivity contribution >= 4 is 21.7 Å². The molecule has 8 heteroatoms. The van der Waals surface area contributed by atoms with Crippen molar-refractivity contribution < 1.29 is 14.6 Å². The monoisotopic (exact) mass is 353 g/mol.